The number of nitrogens with one attached hydrogen (secondary N) is 2. The second-order valence-electron chi connectivity index (χ2n) is 3.49. The van der Waals surface area contributed by atoms with E-state index in [2.05, 4.69) is 16.7 Å². The van der Waals surface area contributed by atoms with Crippen LogP contribution in [0.1, 0.15) is 18.1 Å². The first-order valence-electron chi connectivity index (χ1n) is 5.12. The van der Waals surface area contributed by atoms with Crippen LogP contribution in [0.15, 0.2) is 24.3 Å². The van der Waals surface area contributed by atoms with Gasteiger partial charge in [0.05, 0.1) is 17.7 Å². The van der Waals surface area contributed by atoms with Crippen LogP contribution in [0.5, 0.6) is 0 Å². The van der Waals surface area contributed by atoms with E-state index in [9.17, 15) is 4.79 Å². The Morgan fingerprint density at radius 2 is 2.19 bits per heavy atom. The van der Waals surface area contributed by atoms with Gasteiger partial charge in [0.15, 0.2) is 0 Å². The fourth-order valence-electron chi connectivity index (χ4n) is 1.36. The molecule has 0 saturated heterocycles. The van der Waals surface area contributed by atoms with Crippen molar-refractivity contribution in [2.45, 2.75) is 19.5 Å². The Kier molecular flexibility index (Phi) is 4.49. The van der Waals surface area contributed by atoms with Crippen molar-refractivity contribution in [1.29, 1.82) is 5.26 Å². The summed E-state index contributed by atoms with van der Waals surface area (Å²) >= 11 is 0. The van der Waals surface area contributed by atoms with Crippen molar-refractivity contribution >= 4 is 5.91 Å². The van der Waals surface area contributed by atoms with Gasteiger partial charge in [-0.1, -0.05) is 18.2 Å². The lowest BCUT2D eigenvalue weighted by atomic mass is 10.1. The third-order valence-electron chi connectivity index (χ3n) is 2.38. The topological polar surface area (TPSA) is 64.9 Å². The van der Waals surface area contributed by atoms with Crippen molar-refractivity contribution in [2.75, 3.05) is 7.05 Å². The van der Waals surface area contributed by atoms with Gasteiger partial charge in [0.1, 0.15) is 0 Å². The lowest BCUT2D eigenvalue weighted by molar-refractivity contribution is -0.122. The van der Waals surface area contributed by atoms with Crippen molar-refractivity contribution in [2.24, 2.45) is 0 Å². The van der Waals surface area contributed by atoms with Gasteiger partial charge in [0.25, 0.3) is 0 Å². The number of amides is 1. The van der Waals surface area contributed by atoms with E-state index in [0.29, 0.717) is 12.1 Å². The molecule has 0 radical (unpaired) electrons. The SMILES string of the molecule is CNC(=O)C(C)NCc1ccccc1C#N. The molecular weight excluding hydrogens is 202 g/mol. The molecule has 84 valence electrons. The van der Waals surface area contributed by atoms with Gasteiger partial charge in [0.2, 0.25) is 5.91 Å². The Morgan fingerprint density at radius 3 is 2.81 bits per heavy atom. The summed E-state index contributed by atoms with van der Waals surface area (Å²) in [5, 5.41) is 14.5. The molecule has 0 fully saturated rings. The van der Waals surface area contributed by atoms with Crippen LogP contribution in [0.3, 0.4) is 0 Å². The van der Waals surface area contributed by atoms with E-state index in [1.165, 1.54) is 0 Å². The Morgan fingerprint density at radius 1 is 1.50 bits per heavy atom. The lowest BCUT2D eigenvalue weighted by Gasteiger charge is -2.12. The molecule has 0 aliphatic carbocycles. The minimum atomic E-state index is -0.267. The lowest BCUT2D eigenvalue weighted by Crippen LogP contribution is -2.40. The van der Waals surface area contributed by atoms with Crippen LogP contribution in [-0.2, 0) is 11.3 Å². The summed E-state index contributed by atoms with van der Waals surface area (Å²) in [4.78, 5) is 11.2. The number of hydrogen-bond acceptors (Lipinski definition) is 3. The highest BCUT2D eigenvalue weighted by atomic mass is 16.2. The molecule has 4 nitrogen and oxygen atoms in total. The van der Waals surface area contributed by atoms with Crippen molar-refractivity contribution in [3.63, 3.8) is 0 Å². The average molecular weight is 217 g/mol. The standard InChI is InChI=1S/C12H15N3O/c1-9(12(16)14-2)15-8-11-6-4-3-5-10(11)7-13/h3-6,9,15H,8H2,1-2H3,(H,14,16). The minimum Gasteiger partial charge on any atom is -0.358 e. The predicted molar refractivity (Wildman–Crippen MR) is 61.5 cm³/mol. The summed E-state index contributed by atoms with van der Waals surface area (Å²) in [6.45, 7) is 2.30. The highest BCUT2D eigenvalue weighted by Gasteiger charge is 2.10. The molecule has 4 heteroatoms. The van der Waals surface area contributed by atoms with Crippen molar-refractivity contribution in [1.82, 2.24) is 10.6 Å². The number of carbonyl (C=O) groups excluding carboxylic acids is 1. The molecule has 0 aliphatic rings. The Bertz CT molecular complexity index is 409. The first-order chi connectivity index (χ1) is 7.69. The average Bonchev–Trinajstić information content (AvgIpc) is 2.35. The second kappa shape index (κ2) is 5.89. The number of rotatable bonds is 4. The second-order valence-corrected chi connectivity index (χ2v) is 3.49. The fourth-order valence-corrected chi connectivity index (χ4v) is 1.36. The first-order valence-corrected chi connectivity index (χ1v) is 5.12. The van der Waals surface area contributed by atoms with Gasteiger partial charge in [-0.2, -0.15) is 5.26 Å². The molecule has 0 spiro atoms. The molecule has 1 aromatic carbocycles. The summed E-state index contributed by atoms with van der Waals surface area (Å²) in [6, 6.07) is 9.20. The van der Waals surface area contributed by atoms with Gasteiger partial charge in [0, 0.05) is 13.6 Å². The largest absolute Gasteiger partial charge is 0.358 e. The molecule has 1 aromatic rings. The number of nitrogens with zero attached hydrogens (tertiary/aromatic N) is 1. The Balaban J connectivity index is 2.62. The smallest absolute Gasteiger partial charge is 0.236 e. The first kappa shape index (κ1) is 12.2. The zero-order valence-corrected chi connectivity index (χ0v) is 9.45. The summed E-state index contributed by atoms with van der Waals surface area (Å²) in [5.74, 6) is -0.0607. The molecule has 0 saturated carbocycles. The van der Waals surface area contributed by atoms with Gasteiger partial charge in [-0.3, -0.25) is 4.79 Å². The molecule has 0 aromatic heterocycles. The zero-order chi connectivity index (χ0) is 12.0. The fraction of sp³-hybridized carbons (Fsp3) is 0.333. The van der Waals surface area contributed by atoms with E-state index in [-0.39, 0.29) is 11.9 Å². The maximum atomic E-state index is 11.2. The highest BCUT2D eigenvalue weighted by molar-refractivity contribution is 5.80. The van der Waals surface area contributed by atoms with Crippen LogP contribution in [0.4, 0.5) is 0 Å². The molecule has 1 unspecified atom stereocenters. The van der Waals surface area contributed by atoms with Gasteiger partial charge in [-0.15, -0.1) is 0 Å². The van der Waals surface area contributed by atoms with E-state index in [1.54, 1.807) is 20.0 Å². The normalized spacial score (nSPS) is 11.6. The zero-order valence-electron chi connectivity index (χ0n) is 9.45. The van der Waals surface area contributed by atoms with E-state index < -0.39 is 0 Å². The van der Waals surface area contributed by atoms with Gasteiger partial charge < -0.3 is 10.6 Å². The van der Waals surface area contributed by atoms with E-state index >= 15 is 0 Å². The molecule has 16 heavy (non-hydrogen) atoms. The Labute approximate surface area is 95.3 Å². The quantitative estimate of drug-likeness (QED) is 0.783. The molecule has 0 aliphatic heterocycles. The van der Waals surface area contributed by atoms with Crippen LogP contribution in [-0.4, -0.2) is 19.0 Å². The van der Waals surface area contributed by atoms with Crippen LogP contribution in [0.25, 0.3) is 0 Å². The van der Waals surface area contributed by atoms with E-state index in [4.69, 9.17) is 5.26 Å². The van der Waals surface area contributed by atoms with Crippen LogP contribution < -0.4 is 10.6 Å². The highest BCUT2D eigenvalue weighted by Crippen LogP contribution is 2.06. The number of hydrogen-bond donors (Lipinski definition) is 2. The molecule has 1 atom stereocenters. The summed E-state index contributed by atoms with van der Waals surface area (Å²) in [7, 11) is 1.60. The molecular formula is C12H15N3O. The third-order valence-corrected chi connectivity index (χ3v) is 2.38. The maximum Gasteiger partial charge on any atom is 0.236 e. The van der Waals surface area contributed by atoms with Gasteiger partial charge >= 0.3 is 0 Å². The number of carbonyl (C=O) groups is 1. The van der Waals surface area contributed by atoms with E-state index in [1.807, 2.05) is 18.2 Å². The monoisotopic (exact) mass is 217 g/mol. The van der Waals surface area contributed by atoms with E-state index in [0.717, 1.165) is 5.56 Å². The maximum absolute atomic E-state index is 11.2. The summed E-state index contributed by atoms with van der Waals surface area (Å²) in [5.41, 5.74) is 1.54. The van der Waals surface area contributed by atoms with Gasteiger partial charge in [-0.05, 0) is 18.6 Å². The van der Waals surface area contributed by atoms with Crippen LogP contribution in [0, 0.1) is 11.3 Å². The van der Waals surface area contributed by atoms with Crippen molar-refractivity contribution in [3.05, 3.63) is 35.4 Å². The molecule has 0 heterocycles. The third kappa shape index (κ3) is 3.07. The van der Waals surface area contributed by atoms with Gasteiger partial charge in [-0.25, -0.2) is 0 Å². The number of likely N-dealkylation sites (N-methyl/N-ethyl adjacent to an activating group) is 1. The molecule has 2 N–H and O–H groups in total. The predicted octanol–water partition coefficient (Wildman–Crippen LogP) is 0.782. The summed E-state index contributed by atoms with van der Waals surface area (Å²) < 4.78 is 0. The van der Waals surface area contributed by atoms with Crippen molar-refractivity contribution < 1.29 is 4.79 Å². The molecule has 1 amide bonds. The van der Waals surface area contributed by atoms with Crippen LogP contribution in [0.2, 0.25) is 0 Å². The molecule has 0 bridgehead atoms. The van der Waals surface area contributed by atoms with Crippen LogP contribution >= 0.6 is 0 Å². The minimum absolute atomic E-state index is 0.0607. The molecule has 1 rings (SSSR count). The Hall–Kier alpha value is -1.86. The number of benzene rings is 1. The number of nitriles is 1. The van der Waals surface area contributed by atoms with Crippen molar-refractivity contribution in [3.8, 4) is 6.07 Å². The summed E-state index contributed by atoms with van der Waals surface area (Å²) in [6.07, 6.45) is 0.